The predicted octanol–water partition coefficient (Wildman–Crippen LogP) is 8.78. The molecule has 132 valence electrons. The molecule has 1 aliphatic heterocycles. The maximum Gasteiger partial charge on any atom is 0.425 e. The second-order valence-corrected chi connectivity index (χ2v) is 12.1. The molecule has 2 unspecified atom stereocenters. The highest BCUT2D eigenvalue weighted by atomic mass is 31.3. The zero-order valence-electron chi connectivity index (χ0n) is 10.3. The number of halogens is 8. The van der Waals surface area contributed by atoms with Crippen molar-refractivity contribution < 1.29 is 42.6 Å². The Bertz CT molecular complexity index is 716. The molecule has 0 saturated carbocycles. The number of hydrogen-bond acceptors (Lipinski definition) is 7. The van der Waals surface area contributed by atoms with Gasteiger partial charge in [0.25, 0.3) is 0 Å². The van der Waals surface area contributed by atoms with Crippen LogP contribution in [0, 0.1) is 0 Å². The second-order valence-electron chi connectivity index (χ2n) is 3.13. The first kappa shape index (κ1) is 20.6. The molecule has 20 heteroatoms. The summed E-state index contributed by atoms with van der Waals surface area (Å²) in [4.78, 5) is 0. The molecule has 0 bridgehead atoms. The van der Waals surface area contributed by atoms with Crippen molar-refractivity contribution >= 4 is 39.0 Å². The summed E-state index contributed by atoms with van der Waals surface area (Å²) in [5, 5.41) is 0. The first-order valence-electron chi connectivity index (χ1n) is 4.53. The van der Waals surface area contributed by atoms with Crippen LogP contribution in [0.15, 0.2) is 22.6 Å². The fourth-order valence-corrected chi connectivity index (χ4v) is 9.67. The minimum absolute atomic E-state index is 0.414. The largest absolute Gasteiger partial charge is 0.425 e. The van der Waals surface area contributed by atoms with Gasteiger partial charge in [-0.1, -0.05) is 0 Å². The van der Waals surface area contributed by atoms with Crippen LogP contribution in [0.2, 0.25) is 0 Å². The molecule has 0 aliphatic carbocycles. The topological polar surface area (TPSA) is 80.3 Å². The number of nitrogens with zero attached hydrogens (tertiary/aromatic N) is 5. The van der Waals surface area contributed by atoms with Crippen LogP contribution < -0.4 is 0 Å². The van der Waals surface area contributed by atoms with E-state index in [1.807, 2.05) is 9.03 Å². The first-order valence-corrected chi connectivity index (χ1v) is 12.0. The van der Waals surface area contributed by atoms with E-state index in [2.05, 4.69) is 13.6 Å². The molecule has 0 radical (unpaired) electrons. The minimum atomic E-state index is -6.62. The Morgan fingerprint density at radius 2 is 0.818 bits per heavy atom. The van der Waals surface area contributed by atoms with Crippen molar-refractivity contribution in [3.05, 3.63) is 0 Å². The van der Waals surface area contributed by atoms with E-state index >= 15 is 0 Å². The van der Waals surface area contributed by atoms with E-state index in [0.717, 1.165) is 0 Å². The van der Waals surface area contributed by atoms with Crippen molar-refractivity contribution in [2.24, 2.45) is 22.6 Å². The Hall–Kier alpha value is 0.510. The van der Waals surface area contributed by atoms with Crippen LogP contribution in [-0.2, 0) is 9.05 Å². The molecule has 1 aliphatic rings. The highest BCUT2D eigenvalue weighted by molar-refractivity contribution is 7.78. The maximum absolute atomic E-state index is 13.9. The number of rotatable bonds is 2. The molecule has 0 saturated heterocycles. The highest BCUT2D eigenvalue weighted by Crippen LogP contribution is 2.82. The van der Waals surface area contributed by atoms with Crippen LogP contribution in [0.25, 0.3) is 0 Å². The van der Waals surface area contributed by atoms with E-state index in [1.165, 1.54) is 9.03 Å². The Labute approximate surface area is 119 Å². The molecule has 0 aromatic carbocycles. The van der Waals surface area contributed by atoms with Crippen molar-refractivity contribution in [1.82, 2.24) is 0 Å². The maximum atomic E-state index is 13.9. The lowest BCUT2D eigenvalue weighted by Gasteiger charge is -2.15. The fraction of sp³-hybridized carbons (Fsp3) is 1.00. The summed E-state index contributed by atoms with van der Waals surface area (Å²) in [5.74, 6) is 0. The van der Waals surface area contributed by atoms with Gasteiger partial charge in [0.15, 0.2) is 0 Å². The summed E-state index contributed by atoms with van der Waals surface area (Å²) in [7, 11) is -30.0. The van der Waals surface area contributed by atoms with Crippen LogP contribution in [0.3, 0.4) is 0 Å². The van der Waals surface area contributed by atoms with Gasteiger partial charge in [0.2, 0.25) is 0 Å². The second kappa shape index (κ2) is 6.43. The Morgan fingerprint density at radius 1 is 0.500 bits per heavy atom. The molecule has 0 spiro atoms. The van der Waals surface area contributed by atoms with Crippen molar-refractivity contribution in [2.45, 2.75) is 0 Å². The molecule has 1 heterocycles. The third-order valence-electron chi connectivity index (χ3n) is 1.55. The zero-order valence-corrected chi connectivity index (χ0v) is 14.8. The molecule has 1 rings (SSSR count). The molecular formula is C2H6F8N5O2P5. The smallest absolute Gasteiger partial charge is 0.306 e. The average Bonchev–Trinajstić information content (AvgIpc) is 2.22. The molecule has 0 fully saturated rings. The summed E-state index contributed by atoms with van der Waals surface area (Å²) in [6.07, 6.45) is 0. The van der Waals surface area contributed by atoms with E-state index in [0.29, 0.717) is 14.2 Å². The summed E-state index contributed by atoms with van der Waals surface area (Å²) >= 11 is 0. The SMILES string of the molecule is COP1(F)=NP(F)(F)=NP(F)(F)=NP(F)(F)=NP(F)(OC)=N1. The Balaban J connectivity index is 4.03. The van der Waals surface area contributed by atoms with Gasteiger partial charge in [-0.15, -0.1) is 47.8 Å². The van der Waals surface area contributed by atoms with Crippen LogP contribution in [0.4, 0.5) is 33.6 Å². The Kier molecular flexibility index (Phi) is 6.01. The predicted molar refractivity (Wildman–Crippen MR) is 69.6 cm³/mol. The molecule has 0 amide bonds. The van der Waals surface area contributed by atoms with Crippen LogP contribution >= 0.6 is 39.0 Å². The van der Waals surface area contributed by atoms with Gasteiger partial charge >= 0.3 is 39.0 Å². The van der Waals surface area contributed by atoms with E-state index in [9.17, 15) is 33.6 Å². The van der Waals surface area contributed by atoms with Crippen LogP contribution in [-0.4, -0.2) is 14.2 Å². The quantitative estimate of drug-likeness (QED) is 0.318. The van der Waals surface area contributed by atoms with Gasteiger partial charge in [-0.3, -0.25) is 0 Å². The van der Waals surface area contributed by atoms with E-state index in [1.54, 1.807) is 0 Å². The fourth-order valence-electron chi connectivity index (χ4n) is 0.896. The third-order valence-corrected chi connectivity index (χ3v) is 11.2. The lowest BCUT2D eigenvalue weighted by atomic mass is 11.8. The van der Waals surface area contributed by atoms with Gasteiger partial charge in [0.05, 0.1) is 0 Å². The van der Waals surface area contributed by atoms with Crippen molar-refractivity contribution in [3.63, 3.8) is 0 Å². The first-order chi connectivity index (χ1) is 9.66. The Morgan fingerprint density at radius 3 is 1.23 bits per heavy atom. The van der Waals surface area contributed by atoms with E-state index < -0.39 is 39.0 Å². The molecule has 7 nitrogen and oxygen atoms in total. The zero-order chi connectivity index (χ0) is 17.4. The van der Waals surface area contributed by atoms with E-state index in [-0.39, 0.29) is 0 Å². The third kappa shape index (κ3) is 5.86. The lowest BCUT2D eigenvalue weighted by Crippen LogP contribution is -1.79. The summed E-state index contributed by atoms with van der Waals surface area (Å²) in [5.41, 5.74) is 0. The van der Waals surface area contributed by atoms with Gasteiger partial charge in [-0.05, 0) is 0 Å². The standard InChI is InChI=1S/C2H6F8N5O2P5/c1-16-21(9)13-19(5,6)11-18(3,4)12-20(7,8)14-22(10,15-21)17-2/h1-2H3. The lowest BCUT2D eigenvalue weighted by molar-refractivity contribution is 0.408. The van der Waals surface area contributed by atoms with Crippen molar-refractivity contribution in [2.75, 3.05) is 14.2 Å². The number of hydrogen-bond donors (Lipinski definition) is 0. The van der Waals surface area contributed by atoms with Crippen LogP contribution in [0.1, 0.15) is 0 Å². The van der Waals surface area contributed by atoms with Crippen molar-refractivity contribution in [3.8, 4) is 0 Å². The summed E-state index contributed by atoms with van der Waals surface area (Å²) < 4.78 is 124. The van der Waals surface area contributed by atoms with Crippen LogP contribution in [0.5, 0.6) is 0 Å². The summed E-state index contributed by atoms with van der Waals surface area (Å²) in [6.45, 7) is 0. The average molecular weight is 439 g/mol. The minimum Gasteiger partial charge on any atom is -0.306 e. The van der Waals surface area contributed by atoms with Gasteiger partial charge < -0.3 is 9.05 Å². The normalized spacial score (nSPS) is 36.6. The monoisotopic (exact) mass is 439 g/mol. The van der Waals surface area contributed by atoms with Gasteiger partial charge in [-0.2, -0.15) is 8.39 Å². The molecular weight excluding hydrogens is 433 g/mol. The van der Waals surface area contributed by atoms with Gasteiger partial charge in [0, 0.05) is 14.2 Å². The molecule has 0 aromatic heterocycles. The highest BCUT2D eigenvalue weighted by Gasteiger charge is 2.40. The van der Waals surface area contributed by atoms with Crippen molar-refractivity contribution in [1.29, 1.82) is 0 Å². The molecule has 22 heavy (non-hydrogen) atoms. The molecule has 0 aromatic rings. The molecule has 0 N–H and O–H groups in total. The van der Waals surface area contributed by atoms with Gasteiger partial charge in [0.1, 0.15) is 0 Å². The summed E-state index contributed by atoms with van der Waals surface area (Å²) in [6, 6.07) is 0. The van der Waals surface area contributed by atoms with Gasteiger partial charge in [-0.25, -0.2) is 0 Å². The van der Waals surface area contributed by atoms with E-state index in [4.69, 9.17) is 0 Å². The molecule has 2 atom stereocenters.